The number of nitrogens with one attached hydrogen (secondary N) is 1. The summed E-state index contributed by atoms with van der Waals surface area (Å²) in [6, 6.07) is 25.2. The Labute approximate surface area is 212 Å². The number of hydrogen-bond donors (Lipinski definition) is 1. The molecule has 1 saturated heterocycles. The molecule has 1 fully saturated rings. The number of rotatable bonds is 4. The first-order valence-corrected chi connectivity index (χ1v) is 12.4. The van der Waals surface area contributed by atoms with Gasteiger partial charge < -0.3 is 10.2 Å². The normalized spacial score (nSPS) is 20.0. The van der Waals surface area contributed by atoms with Crippen molar-refractivity contribution in [2.24, 2.45) is 0 Å². The van der Waals surface area contributed by atoms with Gasteiger partial charge in [-0.15, -0.1) is 0 Å². The summed E-state index contributed by atoms with van der Waals surface area (Å²) in [6.45, 7) is 8.98. The van der Waals surface area contributed by atoms with Crippen molar-refractivity contribution in [2.45, 2.75) is 38.8 Å². The standard InChI is InChI=1S/C31H30N4O/c1-21-10-13-23(14-11-21)25-19-35(24-8-6-5-7-9-24)33-27(25)16-17-31-30(3,4)26-18-22(2)12-15-28(26)34(31)20-29(36)32-31/h5-19H,20H2,1-4H3,(H,32,36). The van der Waals surface area contributed by atoms with Crippen molar-refractivity contribution in [1.82, 2.24) is 15.1 Å². The van der Waals surface area contributed by atoms with Gasteiger partial charge in [-0.1, -0.05) is 79.6 Å². The van der Waals surface area contributed by atoms with Crippen molar-refractivity contribution in [1.29, 1.82) is 0 Å². The zero-order valence-corrected chi connectivity index (χ0v) is 21.1. The second-order valence-electron chi connectivity index (χ2n) is 10.5. The predicted octanol–water partition coefficient (Wildman–Crippen LogP) is 5.79. The van der Waals surface area contributed by atoms with Gasteiger partial charge >= 0.3 is 0 Å². The Morgan fingerprint density at radius 2 is 1.67 bits per heavy atom. The first-order chi connectivity index (χ1) is 17.3. The zero-order valence-electron chi connectivity index (χ0n) is 21.1. The highest BCUT2D eigenvalue weighted by molar-refractivity contribution is 5.92. The lowest BCUT2D eigenvalue weighted by Crippen LogP contribution is -2.58. The third kappa shape index (κ3) is 3.30. The monoisotopic (exact) mass is 474 g/mol. The van der Waals surface area contributed by atoms with Gasteiger partial charge in [0.25, 0.3) is 0 Å². The highest BCUT2D eigenvalue weighted by atomic mass is 16.2. The third-order valence-corrected chi connectivity index (χ3v) is 7.74. The van der Waals surface area contributed by atoms with Crippen molar-refractivity contribution in [2.75, 3.05) is 11.4 Å². The van der Waals surface area contributed by atoms with Crippen LogP contribution in [0.5, 0.6) is 0 Å². The summed E-state index contributed by atoms with van der Waals surface area (Å²) in [5.41, 5.74) is 7.83. The number of carbonyl (C=O) groups is 1. The van der Waals surface area contributed by atoms with E-state index in [1.54, 1.807) is 0 Å². The average molecular weight is 475 g/mol. The predicted molar refractivity (Wildman–Crippen MR) is 145 cm³/mol. The minimum absolute atomic E-state index is 0.0347. The van der Waals surface area contributed by atoms with Crippen LogP contribution in [0.2, 0.25) is 0 Å². The van der Waals surface area contributed by atoms with E-state index in [1.807, 2.05) is 22.9 Å². The molecule has 0 spiro atoms. The molecule has 4 aromatic rings. The quantitative estimate of drug-likeness (QED) is 0.407. The fraction of sp³-hybridized carbons (Fsp3) is 0.226. The van der Waals surface area contributed by atoms with Gasteiger partial charge in [-0.2, -0.15) is 5.10 Å². The molecule has 1 N–H and O–H groups in total. The number of hydrogen-bond acceptors (Lipinski definition) is 3. The smallest absolute Gasteiger partial charge is 0.241 e. The number of benzene rings is 3. The summed E-state index contributed by atoms with van der Waals surface area (Å²) in [5.74, 6) is 0.0347. The van der Waals surface area contributed by atoms with Crippen LogP contribution in [0.25, 0.3) is 22.9 Å². The molecule has 180 valence electrons. The average Bonchev–Trinajstić information content (AvgIpc) is 3.49. The Balaban J connectivity index is 1.49. The minimum atomic E-state index is -0.665. The fourth-order valence-corrected chi connectivity index (χ4v) is 5.67. The molecule has 3 aromatic carbocycles. The van der Waals surface area contributed by atoms with Gasteiger partial charge in [0.05, 0.1) is 17.9 Å². The second kappa shape index (κ2) is 7.95. The van der Waals surface area contributed by atoms with E-state index in [-0.39, 0.29) is 11.3 Å². The van der Waals surface area contributed by atoms with E-state index in [2.05, 4.69) is 111 Å². The maximum atomic E-state index is 12.7. The molecule has 1 aromatic heterocycles. The van der Waals surface area contributed by atoms with E-state index in [0.29, 0.717) is 6.54 Å². The summed E-state index contributed by atoms with van der Waals surface area (Å²) in [6.07, 6.45) is 6.30. The number of aromatic nitrogens is 2. The van der Waals surface area contributed by atoms with Crippen molar-refractivity contribution in [3.63, 3.8) is 0 Å². The Hall–Kier alpha value is -4.12. The third-order valence-electron chi connectivity index (χ3n) is 7.74. The molecule has 6 rings (SSSR count). The molecular weight excluding hydrogens is 444 g/mol. The molecule has 5 nitrogen and oxygen atoms in total. The lowest BCUT2D eigenvalue weighted by molar-refractivity contribution is -0.118. The van der Waals surface area contributed by atoms with Gasteiger partial charge in [-0.05, 0) is 55.3 Å². The second-order valence-corrected chi connectivity index (χ2v) is 10.5. The van der Waals surface area contributed by atoms with E-state index in [9.17, 15) is 4.79 Å². The minimum Gasteiger partial charge on any atom is -0.335 e. The van der Waals surface area contributed by atoms with Gasteiger partial charge in [0.2, 0.25) is 5.91 Å². The van der Waals surface area contributed by atoms with Crippen LogP contribution in [-0.2, 0) is 10.2 Å². The van der Waals surface area contributed by atoms with Crippen LogP contribution in [0.15, 0.2) is 85.1 Å². The molecule has 1 atom stereocenters. The van der Waals surface area contributed by atoms with Gasteiger partial charge in [-0.25, -0.2) is 4.68 Å². The van der Waals surface area contributed by atoms with E-state index in [4.69, 9.17) is 5.10 Å². The number of anilines is 1. The Kier molecular flexibility index (Phi) is 4.94. The summed E-state index contributed by atoms with van der Waals surface area (Å²) in [7, 11) is 0. The highest BCUT2D eigenvalue weighted by Crippen LogP contribution is 2.53. The number of aryl methyl sites for hydroxylation is 2. The van der Waals surface area contributed by atoms with Crippen molar-refractivity contribution in [3.8, 4) is 16.8 Å². The molecular formula is C31H30N4O. The van der Waals surface area contributed by atoms with E-state index < -0.39 is 5.66 Å². The Morgan fingerprint density at radius 3 is 2.42 bits per heavy atom. The lowest BCUT2D eigenvalue weighted by Gasteiger charge is -2.40. The van der Waals surface area contributed by atoms with Crippen LogP contribution in [0, 0.1) is 13.8 Å². The molecule has 36 heavy (non-hydrogen) atoms. The summed E-state index contributed by atoms with van der Waals surface area (Å²) in [5, 5.41) is 8.31. The molecule has 2 aliphatic heterocycles. The van der Waals surface area contributed by atoms with Crippen LogP contribution < -0.4 is 10.2 Å². The van der Waals surface area contributed by atoms with Gasteiger partial charge in [0, 0.05) is 22.9 Å². The summed E-state index contributed by atoms with van der Waals surface area (Å²) < 4.78 is 1.93. The van der Waals surface area contributed by atoms with Crippen molar-refractivity contribution >= 4 is 17.7 Å². The number of amides is 1. The highest BCUT2D eigenvalue weighted by Gasteiger charge is 2.60. The fourth-order valence-electron chi connectivity index (χ4n) is 5.67. The largest absolute Gasteiger partial charge is 0.335 e. The zero-order chi connectivity index (χ0) is 25.1. The number of carbonyl (C=O) groups excluding carboxylic acids is 1. The number of nitrogens with zero attached hydrogens (tertiary/aromatic N) is 3. The molecule has 2 aliphatic rings. The van der Waals surface area contributed by atoms with Gasteiger partial charge in [-0.3, -0.25) is 4.79 Å². The number of fused-ring (bicyclic) bond motifs is 3. The topological polar surface area (TPSA) is 50.2 Å². The molecule has 1 amide bonds. The molecule has 0 bridgehead atoms. The molecule has 5 heteroatoms. The first-order valence-electron chi connectivity index (χ1n) is 12.4. The maximum absolute atomic E-state index is 12.7. The Bertz CT molecular complexity index is 1500. The van der Waals surface area contributed by atoms with Gasteiger partial charge in [0.1, 0.15) is 5.66 Å². The lowest BCUT2D eigenvalue weighted by atomic mass is 9.75. The molecule has 1 unspecified atom stereocenters. The summed E-state index contributed by atoms with van der Waals surface area (Å²) in [4.78, 5) is 14.9. The first kappa shape index (κ1) is 22.4. The van der Waals surface area contributed by atoms with E-state index in [1.165, 1.54) is 16.7 Å². The molecule has 0 saturated carbocycles. The van der Waals surface area contributed by atoms with Crippen molar-refractivity contribution in [3.05, 3.63) is 107 Å². The summed E-state index contributed by atoms with van der Waals surface area (Å²) >= 11 is 0. The van der Waals surface area contributed by atoms with Crippen LogP contribution in [0.1, 0.15) is 36.2 Å². The molecule has 0 aliphatic carbocycles. The van der Waals surface area contributed by atoms with Crippen LogP contribution in [0.3, 0.4) is 0 Å². The van der Waals surface area contributed by atoms with E-state index >= 15 is 0 Å². The Morgan fingerprint density at radius 1 is 0.944 bits per heavy atom. The van der Waals surface area contributed by atoms with Crippen LogP contribution >= 0.6 is 0 Å². The van der Waals surface area contributed by atoms with Crippen molar-refractivity contribution < 1.29 is 4.79 Å². The SMILES string of the molecule is Cc1ccc(-c2cn(-c3ccccc3)nc2C=CC23NC(=O)CN2c2ccc(C)cc2C3(C)C)cc1. The number of para-hydroxylation sites is 1. The van der Waals surface area contributed by atoms with Gasteiger partial charge in [0.15, 0.2) is 0 Å². The van der Waals surface area contributed by atoms with Crippen LogP contribution in [-0.4, -0.2) is 27.9 Å². The van der Waals surface area contributed by atoms with Crippen LogP contribution in [0.4, 0.5) is 5.69 Å². The maximum Gasteiger partial charge on any atom is 0.241 e. The van der Waals surface area contributed by atoms with E-state index in [0.717, 1.165) is 28.2 Å². The molecule has 0 radical (unpaired) electrons. The molecule has 3 heterocycles.